The maximum Gasteiger partial charge on any atom is 0.237 e. The Hall–Kier alpha value is -2.67. The molecule has 0 aliphatic heterocycles. The number of tetrazole rings is 1. The Bertz CT molecular complexity index is 1030. The average molecular weight is 394 g/mol. The summed E-state index contributed by atoms with van der Waals surface area (Å²) in [6.07, 6.45) is 3.42. The second-order valence-corrected chi connectivity index (χ2v) is 8.56. The Labute approximate surface area is 168 Å². The van der Waals surface area contributed by atoms with E-state index in [0.717, 1.165) is 35.3 Å². The summed E-state index contributed by atoms with van der Waals surface area (Å²) in [6.45, 7) is 5.93. The molecule has 0 fully saturated rings. The van der Waals surface area contributed by atoms with Crippen molar-refractivity contribution in [1.29, 1.82) is 0 Å². The number of fused-ring (bicyclic) bond motifs is 1. The van der Waals surface area contributed by atoms with E-state index < -0.39 is 0 Å². The van der Waals surface area contributed by atoms with Crippen molar-refractivity contribution >= 4 is 23.4 Å². The van der Waals surface area contributed by atoms with Crippen LogP contribution in [0.2, 0.25) is 0 Å². The van der Waals surface area contributed by atoms with E-state index in [0.29, 0.717) is 5.16 Å². The molecule has 4 rings (SSSR count). The summed E-state index contributed by atoms with van der Waals surface area (Å²) >= 11 is 1.35. The van der Waals surface area contributed by atoms with Gasteiger partial charge in [-0.1, -0.05) is 30.0 Å². The van der Waals surface area contributed by atoms with Crippen molar-refractivity contribution in [2.45, 2.75) is 50.4 Å². The Balaban J connectivity index is 1.48. The van der Waals surface area contributed by atoms with Gasteiger partial charge in [0.15, 0.2) is 0 Å². The molecule has 1 heterocycles. The number of aromatic nitrogens is 4. The maximum atomic E-state index is 12.7. The molecule has 7 heteroatoms. The fourth-order valence-corrected chi connectivity index (χ4v) is 4.26. The van der Waals surface area contributed by atoms with E-state index in [1.54, 1.807) is 4.68 Å². The smallest absolute Gasteiger partial charge is 0.237 e. The van der Waals surface area contributed by atoms with Crippen molar-refractivity contribution in [2.75, 3.05) is 5.32 Å². The highest BCUT2D eigenvalue weighted by atomic mass is 32.2. The average Bonchev–Trinajstić information content (AvgIpc) is 3.32. The van der Waals surface area contributed by atoms with E-state index >= 15 is 0 Å². The van der Waals surface area contributed by atoms with Crippen molar-refractivity contribution in [3.8, 4) is 5.69 Å². The number of carbonyl (C=O) groups excluding carboxylic acids is 1. The minimum absolute atomic E-state index is 0.0570. The molecule has 1 aliphatic rings. The predicted octanol–water partition coefficient (Wildman–Crippen LogP) is 3.89. The summed E-state index contributed by atoms with van der Waals surface area (Å²) < 4.78 is 1.70. The fourth-order valence-electron chi connectivity index (χ4n) is 3.46. The number of benzene rings is 2. The lowest BCUT2D eigenvalue weighted by Gasteiger charge is -2.13. The summed E-state index contributed by atoms with van der Waals surface area (Å²) in [6, 6.07) is 12.4. The molecule has 0 saturated heterocycles. The third-order valence-corrected chi connectivity index (χ3v) is 6.08. The Morgan fingerprint density at radius 2 is 1.96 bits per heavy atom. The van der Waals surface area contributed by atoms with Crippen LogP contribution in [-0.4, -0.2) is 31.4 Å². The second-order valence-electron chi connectivity index (χ2n) is 7.25. The minimum atomic E-state index is -0.330. The molecule has 0 spiro atoms. The highest BCUT2D eigenvalue weighted by molar-refractivity contribution is 8.00. The lowest BCUT2D eigenvalue weighted by molar-refractivity contribution is -0.115. The first kappa shape index (κ1) is 18.7. The van der Waals surface area contributed by atoms with Crippen LogP contribution < -0.4 is 5.32 Å². The summed E-state index contributed by atoms with van der Waals surface area (Å²) in [4.78, 5) is 12.7. The van der Waals surface area contributed by atoms with E-state index in [2.05, 4.69) is 39.0 Å². The van der Waals surface area contributed by atoms with E-state index in [9.17, 15) is 4.79 Å². The molecular formula is C21H23N5OS. The number of carbonyl (C=O) groups is 1. The fraction of sp³-hybridized carbons (Fsp3) is 0.333. The van der Waals surface area contributed by atoms with Crippen molar-refractivity contribution in [1.82, 2.24) is 20.2 Å². The quantitative estimate of drug-likeness (QED) is 0.666. The van der Waals surface area contributed by atoms with Gasteiger partial charge in [-0.3, -0.25) is 4.79 Å². The molecule has 6 nitrogen and oxygen atoms in total. The van der Waals surface area contributed by atoms with Gasteiger partial charge in [0.25, 0.3) is 0 Å². The van der Waals surface area contributed by atoms with E-state index in [1.165, 1.54) is 29.3 Å². The Morgan fingerprint density at radius 3 is 2.82 bits per heavy atom. The van der Waals surface area contributed by atoms with Crippen molar-refractivity contribution in [3.63, 3.8) is 0 Å². The van der Waals surface area contributed by atoms with E-state index in [-0.39, 0.29) is 11.2 Å². The van der Waals surface area contributed by atoms with E-state index in [1.807, 2.05) is 39.0 Å². The topological polar surface area (TPSA) is 72.7 Å². The molecule has 144 valence electrons. The van der Waals surface area contributed by atoms with Gasteiger partial charge in [-0.05, 0) is 90.9 Å². The highest BCUT2D eigenvalue weighted by Crippen LogP contribution is 2.27. The number of nitrogens with zero attached hydrogens (tertiary/aromatic N) is 4. The zero-order valence-corrected chi connectivity index (χ0v) is 17.1. The first-order chi connectivity index (χ1) is 13.5. The van der Waals surface area contributed by atoms with Crippen molar-refractivity contribution < 1.29 is 4.79 Å². The van der Waals surface area contributed by atoms with Crippen LogP contribution in [0, 0.1) is 13.8 Å². The van der Waals surface area contributed by atoms with Gasteiger partial charge in [-0.15, -0.1) is 5.10 Å². The van der Waals surface area contributed by atoms with Crippen molar-refractivity contribution in [2.24, 2.45) is 0 Å². The number of hydrogen-bond donors (Lipinski definition) is 1. The van der Waals surface area contributed by atoms with E-state index in [4.69, 9.17) is 0 Å². The van der Waals surface area contributed by atoms with Crippen LogP contribution in [-0.2, 0) is 17.6 Å². The molecule has 0 unspecified atom stereocenters. The molecule has 28 heavy (non-hydrogen) atoms. The lowest BCUT2D eigenvalue weighted by atomic mass is 10.1. The monoisotopic (exact) mass is 393 g/mol. The standard InChI is InChI=1S/C21H23N5OS/c1-13-7-8-14(2)19(11-13)26-21(23-24-25-26)28-15(3)20(27)22-18-10-9-16-5-4-6-17(16)12-18/h7-12,15H,4-6H2,1-3H3,(H,22,27)/t15-/m1/s1. The molecule has 0 saturated carbocycles. The molecule has 1 amide bonds. The summed E-state index contributed by atoms with van der Waals surface area (Å²) in [5.74, 6) is -0.0570. The number of aryl methyl sites for hydroxylation is 4. The van der Waals surface area contributed by atoms with Gasteiger partial charge in [-0.2, -0.15) is 4.68 Å². The highest BCUT2D eigenvalue weighted by Gasteiger charge is 2.21. The van der Waals surface area contributed by atoms with Gasteiger partial charge < -0.3 is 5.32 Å². The first-order valence-corrected chi connectivity index (χ1v) is 10.3. The zero-order chi connectivity index (χ0) is 19.7. The summed E-state index contributed by atoms with van der Waals surface area (Å²) in [5, 5.41) is 15.4. The van der Waals surface area contributed by atoms with Crippen LogP contribution in [0.4, 0.5) is 5.69 Å². The molecular weight excluding hydrogens is 370 g/mol. The molecule has 1 N–H and O–H groups in total. The molecule has 1 aliphatic carbocycles. The normalized spacial score (nSPS) is 14.0. The van der Waals surface area contributed by atoms with Gasteiger partial charge >= 0.3 is 0 Å². The number of amides is 1. The van der Waals surface area contributed by atoms with Crippen LogP contribution in [0.25, 0.3) is 5.69 Å². The van der Waals surface area contributed by atoms with Gasteiger partial charge in [0.05, 0.1) is 10.9 Å². The number of thioether (sulfide) groups is 1. The molecule has 0 radical (unpaired) electrons. The summed E-state index contributed by atoms with van der Waals surface area (Å²) in [5.41, 5.74) is 6.74. The first-order valence-electron chi connectivity index (χ1n) is 9.46. The predicted molar refractivity (Wildman–Crippen MR) is 111 cm³/mol. The molecule has 0 bridgehead atoms. The number of anilines is 1. The van der Waals surface area contributed by atoms with Crippen LogP contribution in [0.3, 0.4) is 0 Å². The van der Waals surface area contributed by atoms with Gasteiger partial charge in [0.1, 0.15) is 0 Å². The second kappa shape index (κ2) is 7.75. The number of rotatable bonds is 5. The largest absolute Gasteiger partial charge is 0.325 e. The molecule has 1 aromatic heterocycles. The number of nitrogens with one attached hydrogen (secondary N) is 1. The maximum absolute atomic E-state index is 12.7. The van der Waals surface area contributed by atoms with Crippen LogP contribution in [0.15, 0.2) is 41.6 Å². The SMILES string of the molecule is Cc1ccc(C)c(-n2nnnc2S[C@H](C)C(=O)Nc2ccc3c(c2)CCC3)c1. The Kier molecular flexibility index (Phi) is 5.17. The zero-order valence-electron chi connectivity index (χ0n) is 16.3. The minimum Gasteiger partial charge on any atom is -0.325 e. The number of hydrogen-bond acceptors (Lipinski definition) is 5. The third-order valence-electron chi connectivity index (χ3n) is 5.05. The van der Waals surface area contributed by atoms with Gasteiger partial charge in [0, 0.05) is 5.69 Å². The molecule has 2 aromatic carbocycles. The van der Waals surface area contributed by atoms with Crippen LogP contribution in [0.5, 0.6) is 0 Å². The molecule has 1 atom stereocenters. The van der Waals surface area contributed by atoms with Gasteiger partial charge in [0.2, 0.25) is 11.1 Å². The van der Waals surface area contributed by atoms with Crippen LogP contribution in [0.1, 0.15) is 35.6 Å². The van der Waals surface area contributed by atoms with Crippen LogP contribution >= 0.6 is 11.8 Å². The summed E-state index contributed by atoms with van der Waals surface area (Å²) in [7, 11) is 0. The Morgan fingerprint density at radius 1 is 1.14 bits per heavy atom. The lowest BCUT2D eigenvalue weighted by Crippen LogP contribution is -2.23. The van der Waals surface area contributed by atoms with Crippen molar-refractivity contribution in [3.05, 3.63) is 58.7 Å². The third kappa shape index (κ3) is 3.80. The molecule has 3 aromatic rings. The van der Waals surface area contributed by atoms with Gasteiger partial charge in [-0.25, -0.2) is 0 Å².